The first kappa shape index (κ1) is 10.1. The minimum absolute atomic E-state index is 0.0600. The van der Waals surface area contributed by atoms with Crippen LogP contribution < -0.4 is 5.73 Å². The highest BCUT2D eigenvalue weighted by molar-refractivity contribution is 6.31. The average Bonchev–Trinajstić information content (AvgIpc) is 2.70. The summed E-state index contributed by atoms with van der Waals surface area (Å²) in [7, 11) is 0. The molecular formula is C10H8ClFN2O. The summed E-state index contributed by atoms with van der Waals surface area (Å²) in [5.41, 5.74) is 6.67. The highest BCUT2D eigenvalue weighted by Gasteiger charge is 2.07. The van der Waals surface area contributed by atoms with Crippen LogP contribution in [0.2, 0.25) is 5.02 Å². The molecule has 2 rings (SSSR count). The van der Waals surface area contributed by atoms with Gasteiger partial charge in [0.1, 0.15) is 11.5 Å². The van der Waals surface area contributed by atoms with Crippen molar-refractivity contribution in [1.82, 2.24) is 5.16 Å². The Morgan fingerprint density at radius 3 is 2.80 bits per heavy atom. The Labute approximate surface area is 90.6 Å². The molecule has 0 atom stereocenters. The van der Waals surface area contributed by atoms with Crippen LogP contribution in [0, 0.1) is 5.82 Å². The molecule has 0 spiro atoms. The third-order valence-corrected chi connectivity index (χ3v) is 2.27. The van der Waals surface area contributed by atoms with Crippen LogP contribution in [0.15, 0.2) is 28.8 Å². The summed E-state index contributed by atoms with van der Waals surface area (Å²) in [5.74, 6) is 0.119. The monoisotopic (exact) mass is 226 g/mol. The highest BCUT2D eigenvalue weighted by Crippen LogP contribution is 2.24. The molecule has 1 aromatic carbocycles. The van der Waals surface area contributed by atoms with E-state index in [2.05, 4.69) is 5.16 Å². The lowest BCUT2D eigenvalue weighted by atomic mass is 10.1. The Kier molecular flexibility index (Phi) is 2.70. The van der Waals surface area contributed by atoms with Crippen molar-refractivity contribution in [2.24, 2.45) is 5.73 Å². The largest absolute Gasteiger partial charge is 0.359 e. The smallest absolute Gasteiger partial charge is 0.150 e. The third kappa shape index (κ3) is 2.00. The van der Waals surface area contributed by atoms with Crippen LogP contribution in [-0.4, -0.2) is 5.16 Å². The van der Waals surface area contributed by atoms with Gasteiger partial charge in [0, 0.05) is 11.6 Å². The minimum Gasteiger partial charge on any atom is -0.359 e. The maximum absolute atomic E-state index is 12.9. The van der Waals surface area contributed by atoms with Gasteiger partial charge in [-0.05, 0) is 18.2 Å². The zero-order valence-electron chi connectivity index (χ0n) is 7.71. The first-order chi connectivity index (χ1) is 7.20. The Balaban J connectivity index is 2.40. The summed E-state index contributed by atoms with van der Waals surface area (Å²) < 4.78 is 17.8. The van der Waals surface area contributed by atoms with Gasteiger partial charge in [0.15, 0.2) is 5.76 Å². The fourth-order valence-electron chi connectivity index (χ4n) is 1.20. The second-order valence-corrected chi connectivity index (χ2v) is 3.42. The van der Waals surface area contributed by atoms with Crippen molar-refractivity contribution in [2.45, 2.75) is 6.54 Å². The van der Waals surface area contributed by atoms with E-state index in [-0.39, 0.29) is 11.6 Å². The predicted octanol–water partition coefficient (Wildman–Crippen LogP) is 2.59. The molecular weight excluding hydrogens is 219 g/mol. The molecule has 0 aliphatic heterocycles. The van der Waals surface area contributed by atoms with Crippen LogP contribution in [-0.2, 0) is 6.54 Å². The zero-order chi connectivity index (χ0) is 10.8. The molecule has 2 N–H and O–H groups in total. The minimum atomic E-state index is -0.456. The van der Waals surface area contributed by atoms with E-state index in [1.54, 1.807) is 12.1 Å². The Morgan fingerprint density at radius 1 is 1.40 bits per heavy atom. The van der Waals surface area contributed by atoms with E-state index in [1.807, 2.05) is 0 Å². The lowest BCUT2D eigenvalue weighted by Crippen LogP contribution is -1.92. The summed E-state index contributed by atoms with van der Waals surface area (Å²) in [4.78, 5) is 0. The van der Waals surface area contributed by atoms with E-state index in [4.69, 9.17) is 21.9 Å². The fraction of sp³-hybridized carbons (Fsp3) is 0.100. The molecule has 0 saturated heterocycles. The van der Waals surface area contributed by atoms with Gasteiger partial charge in [-0.2, -0.15) is 0 Å². The molecule has 0 fully saturated rings. The number of hydrogen-bond acceptors (Lipinski definition) is 3. The summed E-state index contributed by atoms with van der Waals surface area (Å²) in [6.07, 6.45) is 0. The molecule has 0 aliphatic carbocycles. The van der Waals surface area contributed by atoms with Gasteiger partial charge >= 0.3 is 0 Å². The maximum atomic E-state index is 12.9. The Morgan fingerprint density at radius 2 is 2.20 bits per heavy atom. The summed E-state index contributed by atoms with van der Waals surface area (Å²) in [5, 5.41) is 3.85. The van der Waals surface area contributed by atoms with E-state index in [0.29, 0.717) is 17.0 Å². The Bertz CT molecular complexity index is 484. The first-order valence-electron chi connectivity index (χ1n) is 4.32. The number of halogens is 2. The molecule has 0 radical (unpaired) electrons. The number of nitrogens with zero attached hydrogens (tertiary/aromatic N) is 1. The standard InChI is InChI=1S/C10H8ClFN2O/c11-8-3-6(1-2-9(8)12)10-4-7(5-13)15-14-10/h1-4H,5,13H2. The van der Waals surface area contributed by atoms with Crippen molar-refractivity contribution in [1.29, 1.82) is 0 Å². The molecule has 0 unspecified atom stereocenters. The first-order valence-corrected chi connectivity index (χ1v) is 4.69. The number of aromatic nitrogens is 1. The third-order valence-electron chi connectivity index (χ3n) is 1.98. The van der Waals surface area contributed by atoms with Crippen molar-refractivity contribution >= 4 is 11.6 Å². The zero-order valence-corrected chi connectivity index (χ0v) is 8.46. The average molecular weight is 227 g/mol. The molecule has 0 bridgehead atoms. The molecule has 0 saturated carbocycles. The van der Waals surface area contributed by atoms with Crippen molar-refractivity contribution < 1.29 is 8.91 Å². The predicted molar refractivity (Wildman–Crippen MR) is 54.8 cm³/mol. The normalized spacial score (nSPS) is 10.6. The molecule has 0 aliphatic rings. The molecule has 1 aromatic heterocycles. The SMILES string of the molecule is NCc1cc(-c2ccc(F)c(Cl)c2)no1. The van der Waals surface area contributed by atoms with Gasteiger partial charge in [-0.25, -0.2) is 4.39 Å². The van der Waals surface area contributed by atoms with Gasteiger partial charge in [-0.3, -0.25) is 0 Å². The second-order valence-electron chi connectivity index (χ2n) is 3.01. The van der Waals surface area contributed by atoms with Gasteiger partial charge in [-0.15, -0.1) is 0 Å². The van der Waals surface area contributed by atoms with Crippen molar-refractivity contribution in [3.05, 3.63) is 40.9 Å². The van der Waals surface area contributed by atoms with Crippen molar-refractivity contribution in [3.8, 4) is 11.3 Å². The van der Waals surface area contributed by atoms with E-state index in [1.165, 1.54) is 12.1 Å². The summed E-state index contributed by atoms with van der Waals surface area (Å²) in [6.45, 7) is 0.280. The van der Waals surface area contributed by atoms with Gasteiger partial charge in [0.05, 0.1) is 11.6 Å². The lowest BCUT2D eigenvalue weighted by molar-refractivity contribution is 0.387. The molecule has 15 heavy (non-hydrogen) atoms. The van der Waals surface area contributed by atoms with Gasteiger partial charge in [0.2, 0.25) is 0 Å². The quantitative estimate of drug-likeness (QED) is 0.856. The van der Waals surface area contributed by atoms with Crippen LogP contribution in [0.4, 0.5) is 4.39 Å². The van der Waals surface area contributed by atoms with E-state index in [0.717, 1.165) is 0 Å². The molecule has 3 nitrogen and oxygen atoms in total. The maximum Gasteiger partial charge on any atom is 0.150 e. The topological polar surface area (TPSA) is 52.0 Å². The van der Waals surface area contributed by atoms with Gasteiger partial charge in [-0.1, -0.05) is 16.8 Å². The van der Waals surface area contributed by atoms with Crippen LogP contribution in [0.5, 0.6) is 0 Å². The highest BCUT2D eigenvalue weighted by atomic mass is 35.5. The van der Waals surface area contributed by atoms with Crippen LogP contribution in [0.3, 0.4) is 0 Å². The van der Waals surface area contributed by atoms with Crippen LogP contribution in [0.1, 0.15) is 5.76 Å². The number of nitrogens with two attached hydrogens (primary N) is 1. The summed E-state index contributed by atoms with van der Waals surface area (Å²) >= 11 is 5.65. The fourth-order valence-corrected chi connectivity index (χ4v) is 1.38. The van der Waals surface area contributed by atoms with Crippen LogP contribution >= 0.6 is 11.6 Å². The molecule has 0 amide bonds. The van der Waals surface area contributed by atoms with Crippen molar-refractivity contribution in [2.75, 3.05) is 0 Å². The second kappa shape index (κ2) is 4.00. The number of hydrogen-bond donors (Lipinski definition) is 1. The molecule has 1 heterocycles. The molecule has 78 valence electrons. The van der Waals surface area contributed by atoms with Crippen LogP contribution in [0.25, 0.3) is 11.3 Å². The number of rotatable bonds is 2. The molecule has 2 aromatic rings. The van der Waals surface area contributed by atoms with E-state index >= 15 is 0 Å². The van der Waals surface area contributed by atoms with Gasteiger partial charge < -0.3 is 10.3 Å². The Hall–Kier alpha value is -1.39. The number of benzene rings is 1. The lowest BCUT2D eigenvalue weighted by Gasteiger charge is -1.97. The molecule has 5 heteroatoms. The van der Waals surface area contributed by atoms with Crippen molar-refractivity contribution in [3.63, 3.8) is 0 Å². The van der Waals surface area contributed by atoms with E-state index < -0.39 is 5.82 Å². The van der Waals surface area contributed by atoms with E-state index in [9.17, 15) is 4.39 Å². The van der Waals surface area contributed by atoms with Gasteiger partial charge in [0.25, 0.3) is 0 Å². The summed E-state index contributed by atoms with van der Waals surface area (Å²) in [6, 6.07) is 6.06.